The molecule has 11 heavy (non-hydrogen) atoms. The molecule has 1 heterocycles. The van der Waals surface area contributed by atoms with Crippen LogP contribution in [0.1, 0.15) is 12.0 Å². The van der Waals surface area contributed by atoms with Gasteiger partial charge in [0.05, 0.1) is 5.00 Å². The standard InChI is InChI=1S/C8H14N2S/c1-7-3-6-11-8(7)10-5-2-4-9/h3,6,10H,2,4-5,9H2,1H3. The Morgan fingerprint density at radius 1 is 1.64 bits per heavy atom. The third-order valence-electron chi connectivity index (χ3n) is 1.53. The minimum Gasteiger partial charge on any atom is -0.377 e. The van der Waals surface area contributed by atoms with Gasteiger partial charge in [-0.2, -0.15) is 0 Å². The van der Waals surface area contributed by atoms with Gasteiger partial charge in [0.1, 0.15) is 0 Å². The van der Waals surface area contributed by atoms with Crippen LogP contribution in [0.15, 0.2) is 11.4 Å². The van der Waals surface area contributed by atoms with Crippen molar-refractivity contribution in [1.82, 2.24) is 0 Å². The molecule has 2 nitrogen and oxygen atoms in total. The van der Waals surface area contributed by atoms with Crippen LogP contribution in [0.25, 0.3) is 0 Å². The molecule has 0 unspecified atom stereocenters. The first-order chi connectivity index (χ1) is 5.34. The van der Waals surface area contributed by atoms with E-state index in [1.807, 2.05) is 0 Å². The zero-order valence-electron chi connectivity index (χ0n) is 6.76. The highest BCUT2D eigenvalue weighted by molar-refractivity contribution is 7.14. The van der Waals surface area contributed by atoms with Crippen LogP contribution in [0.4, 0.5) is 5.00 Å². The summed E-state index contributed by atoms with van der Waals surface area (Å²) in [6.07, 6.45) is 1.04. The van der Waals surface area contributed by atoms with E-state index in [1.54, 1.807) is 11.3 Å². The molecule has 0 bridgehead atoms. The van der Waals surface area contributed by atoms with E-state index < -0.39 is 0 Å². The van der Waals surface area contributed by atoms with Gasteiger partial charge in [-0.05, 0) is 36.9 Å². The predicted molar refractivity (Wildman–Crippen MR) is 51.2 cm³/mol. The summed E-state index contributed by atoms with van der Waals surface area (Å²) in [6.45, 7) is 3.86. The van der Waals surface area contributed by atoms with Crippen LogP contribution >= 0.6 is 11.3 Å². The molecule has 0 aliphatic carbocycles. The van der Waals surface area contributed by atoms with Crippen molar-refractivity contribution >= 4 is 16.3 Å². The lowest BCUT2D eigenvalue weighted by molar-refractivity contribution is 0.875. The van der Waals surface area contributed by atoms with Crippen LogP contribution in [0.3, 0.4) is 0 Å². The largest absolute Gasteiger partial charge is 0.377 e. The normalized spacial score (nSPS) is 10.0. The van der Waals surface area contributed by atoms with Gasteiger partial charge in [-0.1, -0.05) is 0 Å². The summed E-state index contributed by atoms with van der Waals surface area (Å²) in [7, 11) is 0. The molecule has 0 aliphatic heterocycles. The van der Waals surface area contributed by atoms with Crippen LogP contribution in [0, 0.1) is 6.92 Å². The van der Waals surface area contributed by atoms with Gasteiger partial charge in [-0.3, -0.25) is 0 Å². The fourth-order valence-electron chi connectivity index (χ4n) is 0.858. The van der Waals surface area contributed by atoms with Crippen molar-refractivity contribution in [2.24, 2.45) is 5.73 Å². The Bertz CT molecular complexity index is 208. The molecule has 62 valence electrons. The quantitative estimate of drug-likeness (QED) is 0.676. The third-order valence-corrected chi connectivity index (χ3v) is 2.50. The van der Waals surface area contributed by atoms with Crippen molar-refractivity contribution in [3.8, 4) is 0 Å². The monoisotopic (exact) mass is 170 g/mol. The van der Waals surface area contributed by atoms with Gasteiger partial charge >= 0.3 is 0 Å². The number of hydrogen-bond donors (Lipinski definition) is 2. The highest BCUT2D eigenvalue weighted by Crippen LogP contribution is 2.21. The average Bonchev–Trinajstić information content (AvgIpc) is 2.37. The minimum atomic E-state index is 0.761. The molecule has 0 radical (unpaired) electrons. The van der Waals surface area contributed by atoms with Gasteiger partial charge in [0.2, 0.25) is 0 Å². The molecule has 0 spiro atoms. The Balaban J connectivity index is 2.32. The summed E-state index contributed by atoms with van der Waals surface area (Å²) >= 11 is 1.75. The van der Waals surface area contributed by atoms with Crippen LogP contribution in [0.2, 0.25) is 0 Å². The number of thiophene rings is 1. The van der Waals surface area contributed by atoms with Crippen molar-refractivity contribution in [3.63, 3.8) is 0 Å². The molecular weight excluding hydrogens is 156 g/mol. The molecule has 3 N–H and O–H groups in total. The number of rotatable bonds is 4. The summed E-state index contributed by atoms with van der Waals surface area (Å²) in [5.41, 5.74) is 6.70. The van der Waals surface area contributed by atoms with Gasteiger partial charge in [0, 0.05) is 6.54 Å². The number of nitrogens with two attached hydrogens (primary N) is 1. The molecular formula is C8H14N2S. The van der Waals surface area contributed by atoms with E-state index in [9.17, 15) is 0 Å². The molecule has 0 atom stereocenters. The lowest BCUT2D eigenvalue weighted by atomic mass is 10.3. The summed E-state index contributed by atoms with van der Waals surface area (Å²) in [6, 6.07) is 2.12. The third kappa shape index (κ3) is 2.52. The molecule has 0 saturated carbocycles. The molecule has 3 heteroatoms. The molecule has 0 aromatic carbocycles. The number of anilines is 1. The second kappa shape index (κ2) is 4.36. The highest BCUT2D eigenvalue weighted by Gasteiger charge is 1.95. The van der Waals surface area contributed by atoms with E-state index in [2.05, 4.69) is 23.7 Å². The van der Waals surface area contributed by atoms with E-state index >= 15 is 0 Å². The van der Waals surface area contributed by atoms with Crippen molar-refractivity contribution < 1.29 is 0 Å². The zero-order valence-corrected chi connectivity index (χ0v) is 7.58. The predicted octanol–water partition coefficient (Wildman–Crippen LogP) is 1.82. The molecule has 0 amide bonds. The topological polar surface area (TPSA) is 38.0 Å². The first-order valence-electron chi connectivity index (χ1n) is 3.82. The summed E-state index contributed by atoms with van der Waals surface area (Å²) in [5, 5.41) is 6.71. The Kier molecular flexibility index (Phi) is 3.39. The molecule has 0 saturated heterocycles. The Labute approximate surface area is 71.4 Å². The van der Waals surface area contributed by atoms with Crippen LogP contribution in [-0.2, 0) is 0 Å². The Morgan fingerprint density at radius 3 is 3.00 bits per heavy atom. The fraction of sp³-hybridized carbons (Fsp3) is 0.500. The van der Waals surface area contributed by atoms with Crippen LogP contribution in [-0.4, -0.2) is 13.1 Å². The first-order valence-corrected chi connectivity index (χ1v) is 4.70. The van der Waals surface area contributed by atoms with Crippen LogP contribution in [0.5, 0.6) is 0 Å². The van der Waals surface area contributed by atoms with Crippen LogP contribution < -0.4 is 11.1 Å². The molecule has 1 aromatic heterocycles. The Morgan fingerprint density at radius 2 is 2.45 bits per heavy atom. The van der Waals surface area contributed by atoms with E-state index in [4.69, 9.17) is 5.73 Å². The van der Waals surface area contributed by atoms with Gasteiger partial charge < -0.3 is 11.1 Å². The lowest BCUT2D eigenvalue weighted by Crippen LogP contribution is -2.07. The number of hydrogen-bond acceptors (Lipinski definition) is 3. The fourth-order valence-corrected chi connectivity index (χ4v) is 1.71. The average molecular weight is 170 g/mol. The lowest BCUT2D eigenvalue weighted by Gasteiger charge is -2.02. The maximum atomic E-state index is 5.37. The van der Waals surface area contributed by atoms with E-state index in [1.165, 1.54) is 10.6 Å². The van der Waals surface area contributed by atoms with Gasteiger partial charge in [0.25, 0.3) is 0 Å². The molecule has 1 aromatic rings. The maximum Gasteiger partial charge on any atom is 0.0912 e. The zero-order chi connectivity index (χ0) is 8.10. The van der Waals surface area contributed by atoms with Crippen molar-refractivity contribution in [3.05, 3.63) is 17.0 Å². The number of aryl methyl sites for hydroxylation is 1. The molecule has 0 fully saturated rings. The highest BCUT2D eigenvalue weighted by atomic mass is 32.1. The summed E-state index contributed by atoms with van der Waals surface area (Å²) in [4.78, 5) is 0. The van der Waals surface area contributed by atoms with E-state index in [0.29, 0.717) is 0 Å². The summed E-state index contributed by atoms with van der Waals surface area (Å²) in [5.74, 6) is 0. The van der Waals surface area contributed by atoms with Gasteiger partial charge in [-0.15, -0.1) is 11.3 Å². The van der Waals surface area contributed by atoms with Crippen molar-refractivity contribution in [1.29, 1.82) is 0 Å². The van der Waals surface area contributed by atoms with Gasteiger partial charge in [-0.25, -0.2) is 0 Å². The first kappa shape index (κ1) is 8.56. The smallest absolute Gasteiger partial charge is 0.0912 e. The Hall–Kier alpha value is -0.540. The summed E-state index contributed by atoms with van der Waals surface area (Å²) < 4.78 is 0. The van der Waals surface area contributed by atoms with E-state index in [-0.39, 0.29) is 0 Å². The van der Waals surface area contributed by atoms with Gasteiger partial charge in [0.15, 0.2) is 0 Å². The second-order valence-corrected chi connectivity index (χ2v) is 3.42. The minimum absolute atomic E-state index is 0.761. The van der Waals surface area contributed by atoms with E-state index in [0.717, 1.165) is 19.5 Å². The SMILES string of the molecule is Cc1ccsc1NCCCN. The van der Waals surface area contributed by atoms with Crippen molar-refractivity contribution in [2.45, 2.75) is 13.3 Å². The number of nitrogens with one attached hydrogen (secondary N) is 1. The second-order valence-electron chi connectivity index (χ2n) is 2.50. The maximum absolute atomic E-state index is 5.37. The molecule has 0 aliphatic rings. The van der Waals surface area contributed by atoms with Crippen molar-refractivity contribution in [2.75, 3.05) is 18.4 Å². The molecule has 1 rings (SSSR count).